The maximum absolute atomic E-state index is 5.68. The molecule has 16 heavy (non-hydrogen) atoms. The Morgan fingerprint density at radius 2 is 1.38 bits per heavy atom. The molecule has 3 heteroatoms. The number of hydrogen-bond acceptors (Lipinski definition) is 3. The van der Waals surface area contributed by atoms with E-state index in [-0.39, 0.29) is 0 Å². The maximum Gasteiger partial charge on any atom is 0.127 e. The molecule has 2 N–H and O–H groups in total. The van der Waals surface area contributed by atoms with Gasteiger partial charge in [-0.2, -0.15) is 0 Å². The van der Waals surface area contributed by atoms with E-state index in [2.05, 4.69) is 6.92 Å². The smallest absolute Gasteiger partial charge is 0.127 e. The molecule has 2 aromatic carbocycles. The zero-order valence-corrected chi connectivity index (χ0v) is 9.83. The summed E-state index contributed by atoms with van der Waals surface area (Å²) in [6.07, 6.45) is 0. The molecule has 0 saturated carbocycles. The molecule has 82 valence electrons. The lowest BCUT2D eigenvalue weighted by molar-refractivity contribution is 0.482. The predicted molar refractivity (Wildman–Crippen MR) is 67.7 cm³/mol. The zero-order valence-electron chi connectivity index (χ0n) is 9.01. The fourth-order valence-corrected chi connectivity index (χ4v) is 1.62. The second-order valence-electron chi connectivity index (χ2n) is 3.50. The van der Waals surface area contributed by atoms with Crippen LogP contribution in [0.15, 0.2) is 53.4 Å². The molecule has 2 aromatic rings. The van der Waals surface area contributed by atoms with E-state index < -0.39 is 0 Å². The van der Waals surface area contributed by atoms with Crippen LogP contribution in [0.3, 0.4) is 0 Å². The Labute approximate surface area is 99.6 Å². The Bertz CT molecular complexity index is 450. The lowest BCUT2D eigenvalue weighted by atomic mass is 10.2. The predicted octanol–water partition coefficient (Wildman–Crippen LogP) is 3.75. The van der Waals surface area contributed by atoms with Gasteiger partial charge in [0.25, 0.3) is 0 Å². The van der Waals surface area contributed by atoms with E-state index in [0.717, 1.165) is 16.4 Å². The minimum Gasteiger partial charge on any atom is -0.457 e. The molecule has 0 radical (unpaired) electrons. The van der Waals surface area contributed by atoms with Crippen LogP contribution in [0, 0.1) is 6.92 Å². The van der Waals surface area contributed by atoms with Crippen molar-refractivity contribution in [3.63, 3.8) is 0 Å². The van der Waals surface area contributed by atoms with Gasteiger partial charge in [0.2, 0.25) is 0 Å². The van der Waals surface area contributed by atoms with Crippen LogP contribution >= 0.6 is 11.9 Å². The topological polar surface area (TPSA) is 35.2 Å². The molecule has 2 rings (SSSR count). The van der Waals surface area contributed by atoms with E-state index in [0.29, 0.717) is 0 Å². The summed E-state index contributed by atoms with van der Waals surface area (Å²) in [4.78, 5) is 1.02. The first-order valence-electron chi connectivity index (χ1n) is 4.99. The molecule has 0 saturated heterocycles. The Balaban J connectivity index is 2.11. The van der Waals surface area contributed by atoms with Crippen LogP contribution in [0.4, 0.5) is 0 Å². The van der Waals surface area contributed by atoms with Crippen molar-refractivity contribution in [2.75, 3.05) is 0 Å². The summed E-state index contributed by atoms with van der Waals surface area (Å²) in [7, 11) is 0. The highest BCUT2D eigenvalue weighted by atomic mass is 32.2. The number of ether oxygens (including phenoxy) is 1. The van der Waals surface area contributed by atoms with E-state index in [1.807, 2.05) is 48.5 Å². The van der Waals surface area contributed by atoms with Gasteiger partial charge in [0.15, 0.2) is 0 Å². The van der Waals surface area contributed by atoms with Crippen LogP contribution in [0.2, 0.25) is 0 Å². The highest BCUT2D eigenvalue weighted by molar-refractivity contribution is 7.97. The Morgan fingerprint density at radius 1 is 0.875 bits per heavy atom. The van der Waals surface area contributed by atoms with Gasteiger partial charge >= 0.3 is 0 Å². The maximum atomic E-state index is 5.68. The number of rotatable bonds is 3. The van der Waals surface area contributed by atoms with Gasteiger partial charge in [-0.1, -0.05) is 17.7 Å². The molecule has 0 heterocycles. The van der Waals surface area contributed by atoms with Crippen molar-refractivity contribution in [3.8, 4) is 11.5 Å². The van der Waals surface area contributed by atoms with Gasteiger partial charge in [-0.3, -0.25) is 5.14 Å². The van der Waals surface area contributed by atoms with Crippen LogP contribution in [-0.2, 0) is 0 Å². The molecule has 0 spiro atoms. The molecule has 0 amide bonds. The average Bonchev–Trinajstić information content (AvgIpc) is 2.33. The first kappa shape index (κ1) is 11.0. The van der Waals surface area contributed by atoms with Gasteiger partial charge in [0, 0.05) is 4.90 Å². The lowest BCUT2D eigenvalue weighted by Gasteiger charge is -2.06. The molecular weight excluding hydrogens is 218 g/mol. The third-order valence-electron chi connectivity index (χ3n) is 2.22. The Morgan fingerprint density at radius 3 is 1.88 bits per heavy atom. The molecule has 0 aromatic heterocycles. The quantitative estimate of drug-likeness (QED) is 0.817. The summed E-state index contributed by atoms with van der Waals surface area (Å²) in [6.45, 7) is 2.05. The van der Waals surface area contributed by atoms with Crippen molar-refractivity contribution < 1.29 is 4.74 Å². The molecule has 0 aliphatic carbocycles. The van der Waals surface area contributed by atoms with Crippen molar-refractivity contribution in [1.82, 2.24) is 0 Å². The fourth-order valence-electron chi connectivity index (χ4n) is 1.33. The molecule has 2 nitrogen and oxygen atoms in total. The van der Waals surface area contributed by atoms with Gasteiger partial charge in [-0.25, -0.2) is 0 Å². The summed E-state index contributed by atoms with van der Waals surface area (Å²) in [5.41, 5.74) is 1.22. The summed E-state index contributed by atoms with van der Waals surface area (Å²) in [5.74, 6) is 1.67. The van der Waals surface area contributed by atoms with Crippen molar-refractivity contribution in [1.29, 1.82) is 0 Å². The second-order valence-corrected chi connectivity index (χ2v) is 4.21. The van der Waals surface area contributed by atoms with Crippen molar-refractivity contribution in [2.24, 2.45) is 5.14 Å². The van der Waals surface area contributed by atoms with Crippen LogP contribution in [0.25, 0.3) is 0 Å². The van der Waals surface area contributed by atoms with E-state index in [9.17, 15) is 0 Å². The lowest BCUT2D eigenvalue weighted by Crippen LogP contribution is -1.85. The SMILES string of the molecule is Cc1ccc(Oc2ccc(SN)cc2)cc1. The largest absolute Gasteiger partial charge is 0.457 e. The van der Waals surface area contributed by atoms with E-state index in [1.54, 1.807) is 0 Å². The summed E-state index contributed by atoms with van der Waals surface area (Å²) < 4.78 is 5.68. The summed E-state index contributed by atoms with van der Waals surface area (Å²) >= 11 is 1.23. The van der Waals surface area contributed by atoms with E-state index in [1.165, 1.54) is 17.5 Å². The summed E-state index contributed by atoms with van der Waals surface area (Å²) in [5, 5.41) is 5.44. The average molecular weight is 231 g/mol. The zero-order chi connectivity index (χ0) is 11.4. The summed E-state index contributed by atoms with van der Waals surface area (Å²) in [6, 6.07) is 15.7. The molecule has 0 fully saturated rings. The van der Waals surface area contributed by atoms with Crippen LogP contribution in [0.5, 0.6) is 11.5 Å². The molecule has 0 aliphatic rings. The second kappa shape index (κ2) is 5.05. The molecule has 0 bridgehead atoms. The van der Waals surface area contributed by atoms with Gasteiger partial charge < -0.3 is 4.74 Å². The first-order chi connectivity index (χ1) is 7.78. The van der Waals surface area contributed by atoms with E-state index in [4.69, 9.17) is 9.88 Å². The normalized spacial score (nSPS) is 10.1. The van der Waals surface area contributed by atoms with Crippen molar-refractivity contribution >= 4 is 11.9 Å². The molecule has 0 atom stereocenters. The highest BCUT2D eigenvalue weighted by Gasteiger charge is 1.97. The van der Waals surface area contributed by atoms with Crippen LogP contribution in [-0.4, -0.2) is 0 Å². The molecular formula is C13H13NOS. The molecule has 0 aliphatic heterocycles. The third-order valence-corrected chi connectivity index (χ3v) is 2.76. The third kappa shape index (κ3) is 2.78. The first-order valence-corrected chi connectivity index (χ1v) is 5.87. The number of hydrogen-bond donors (Lipinski definition) is 1. The minimum absolute atomic E-state index is 0.821. The molecule has 0 unspecified atom stereocenters. The van der Waals surface area contributed by atoms with Gasteiger partial charge in [0.1, 0.15) is 11.5 Å². The van der Waals surface area contributed by atoms with Gasteiger partial charge in [0.05, 0.1) is 0 Å². The van der Waals surface area contributed by atoms with Gasteiger partial charge in [-0.15, -0.1) is 0 Å². The Hall–Kier alpha value is -1.45. The standard InChI is InChI=1S/C13H13NOS/c1-10-2-4-11(5-3-10)15-12-6-8-13(16-14)9-7-12/h2-9H,14H2,1H3. The Kier molecular flexibility index (Phi) is 3.49. The fraction of sp³-hybridized carbons (Fsp3) is 0.0769. The highest BCUT2D eigenvalue weighted by Crippen LogP contribution is 2.23. The number of benzene rings is 2. The number of aryl methyl sites for hydroxylation is 1. The number of nitrogens with two attached hydrogens (primary N) is 1. The monoisotopic (exact) mass is 231 g/mol. The van der Waals surface area contributed by atoms with Crippen LogP contribution in [0.1, 0.15) is 5.56 Å². The van der Waals surface area contributed by atoms with Crippen molar-refractivity contribution in [2.45, 2.75) is 11.8 Å². The van der Waals surface area contributed by atoms with Gasteiger partial charge in [-0.05, 0) is 55.3 Å². The van der Waals surface area contributed by atoms with Crippen molar-refractivity contribution in [3.05, 3.63) is 54.1 Å². The minimum atomic E-state index is 0.821. The van der Waals surface area contributed by atoms with E-state index >= 15 is 0 Å². The van der Waals surface area contributed by atoms with Crippen LogP contribution < -0.4 is 9.88 Å².